The summed E-state index contributed by atoms with van der Waals surface area (Å²) in [6.07, 6.45) is 10.1. The zero-order valence-corrected chi connectivity index (χ0v) is 12.0. The number of halogens is 1. The van der Waals surface area contributed by atoms with Crippen LogP contribution in [0.4, 0.5) is 0 Å². The van der Waals surface area contributed by atoms with Crippen LogP contribution in [0.15, 0.2) is 20.8 Å². The molecule has 0 nitrogen and oxygen atoms in total. The Hall–Kier alpha value is 0.560. The molecule has 0 amide bonds. The Morgan fingerprint density at radius 1 is 1.57 bits per heavy atom. The summed E-state index contributed by atoms with van der Waals surface area (Å²) in [7, 11) is 0. The van der Waals surface area contributed by atoms with Gasteiger partial charge in [-0.25, -0.2) is 0 Å². The third-order valence-corrected chi connectivity index (χ3v) is 5.80. The van der Waals surface area contributed by atoms with E-state index in [9.17, 15) is 0 Å². The predicted octanol–water partition coefficient (Wildman–Crippen LogP) is 4.49. The van der Waals surface area contributed by atoms with Crippen LogP contribution in [-0.2, 0) is 0 Å². The van der Waals surface area contributed by atoms with E-state index in [1.807, 2.05) is 0 Å². The van der Waals surface area contributed by atoms with Gasteiger partial charge >= 0.3 is 103 Å². The van der Waals surface area contributed by atoms with Crippen molar-refractivity contribution >= 4 is 32.5 Å². The van der Waals surface area contributed by atoms with Gasteiger partial charge in [0, 0.05) is 0 Å². The van der Waals surface area contributed by atoms with Crippen molar-refractivity contribution in [1.29, 1.82) is 0 Å². The van der Waals surface area contributed by atoms with Gasteiger partial charge in [0.1, 0.15) is 0 Å². The van der Waals surface area contributed by atoms with Crippen LogP contribution in [0.1, 0.15) is 45.4 Å². The first kappa shape index (κ1) is 12.6. The summed E-state index contributed by atoms with van der Waals surface area (Å²) in [5, 5.41) is 1.07. The monoisotopic (exact) mass is 328 g/mol. The summed E-state index contributed by atoms with van der Waals surface area (Å²) in [4.78, 5) is 0. The molecule has 0 aromatic heterocycles. The third-order valence-electron chi connectivity index (χ3n) is 2.40. The number of rotatable bonds is 5. The Morgan fingerprint density at radius 2 is 2.43 bits per heavy atom. The zero-order valence-electron chi connectivity index (χ0n) is 8.89. The molecule has 0 bridgehead atoms. The molecular weight excluding hydrogens is 307 g/mol. The molecule has 0 N–H and O–H groups in total. The molecule has 0 spiro atoms. The van der Waals surface area contributed by atoms with Gasteiger partial charge in [-0.15, -0.1) is 0 Å². The van der Waals surface area contributed by atoms with Gasteiger partial charge in [-0.3, -0.25) is 0 Å². The van der Waals surface area contributed by atoms with E-state index >= 15 is 0 Å². The summed E-state index contributed by atoms with van der Waals surface area (Å²) in [6, 6.07) is 0. The molecule has 1 aliphatic carbocycles. The van der Waals surface area contributed by atoms with E-state index in [0.717, 1.165) is 5.03 Å². The maximum atomic E-state index is 6.26. The Kier molecular flexibility index (Phi) is 7.04. The van der Waals surface area contributed by atoms with Crippen LogP contribution in [0.25, 0.3) is 0 Å². The third kappa shape index (κ3) is 4.87. The van der Waals surface area contributed by atoms with Gasteiger partial charge in [-0.2, -0.15) is 0 Å². The molecule has 0 saturated heterocycles. The molecule has 0 fully saturated rings. The first-order valence-electron chi connectivity index (χ1n) is 5.51. The van der Waals surface area contributed by atoms with Crippen LogP contribution in [-0.4, -0.2) is 20.9 Å². The molecule has 1 rings (SSSR count). The molecule has 0 aromatic rings. The topological polar surface area (TPSA) is 0 Å². The van der Waals surface area contributed by atoms with Gasteiger partial charge in [0.2, 0.25) is 0 Å². The molecule has 0 atom stereocenters. The van der Waals surface area contributed by atoms with Gasteiger partial charge in [-0.1, -0.05) is 0 Å². The summed E-state index contributed by atoms with van der Waals surface area (Å²) >= 11 is 6.31. The average Bonchev–Trinajstić information content (AvgIpc) is 2.25. The molecule has 0 heterocycles. The number of hydrogen-bond donors (Lipinski definition) is 0. The summed E-state index contributed by atoms with van der Waals surface area (Å²) in [6.45, 7) is 2.25. The van der Waals surface area contributed by atoms with Crippen LogP contribution in [0, 0.1) is 0 Å². The van der Waals surface area contributed by atoms with Crippen LogP contribution in [0.2, 0.25) is 4.47 Å². The number of hydrogen-bond acceptors (Lipinski definition) is 0. The van der Waals surface area contributed by atoms with Crippen LogP contribution < -0.4 is 0 Å². The van der Waals surface area contributed by atoms with Crippen molar-refractivity contribution in [3.8, 4) is 0 Å². The van der Waals surface area contributed by atoms with Gasteiger partial charge in [0.05, 0.1) is 0 Å². The van der Waals surface area contributed by atoms with E-state index in [4.69, 9.17) is 11.6 Å². The van der Waals surface area contributed by atoms with E-state index in [0.29, 0.717) is 0 Å². The van der Waals surface area contributed by atoms with Gasteiger partial charge in [0.15, 0.2) is 0 Å². The molecule has 0 radical (unpaired) electrons. The standard InChI is InChI=1S/C12H19ClTe/c1-2-3-9-14-10-12(13)11-7-5-4-6-8-11/h7,10H,2-6,8-9H2,1H3/b12-10-. The molecule has 80 valence electrons. The minimum absolute atomic E-state index is 0.0479. The average molecular weight is 326 g/mol. The molecule has 14 heavy (non-hydrogen) atoms. The molecule has 0 unspecified atom stereocenters. The second kappa shape index (κ2) is 7.80. The quantitative estimate of drug-likeness (QED) is 0.516. The van der Waals surface area contributed by atoms with E-state index in [1.165, 1.54) is 48.6 Å². The van der Waals surface area contributed by atoms with Crippen molar-refractivity contribution in [1.82, 2.24) is 0 Å². The number of unbranched alkanes of at least 4 members (excludes halogenated alkanes) is 1. The van der Waals surface area contributed by atoms with Crippen LogP contribution >= 0.6 is 11.6 Å². The van der Waals surface area contributed by atoms with Crippen molar-refractivity contribution in [3.63, 3.8) is 0 Å². The molecule has 1 aliphatic rings. The van der Waals surface area contributed by atoms with Crippen molar-refractivity contribution in [2.24, 2.45) is 0 Å². The second-order valence-electron chi connectivity index (χ2n) is 3.67. The Morgan fingerprint density at radius 3 is 3.07 bits per heavy atom. The van der Waals surface area contributed by atoms with E-state index in [-0.39, 0.29) is 20.9 Å². The van der Waals surface area contributed by atoms with Crippen molar-refractivity contribution < 1.29 is 0 Å². The minimum atomic E-state index is 0.0479. The Balaban J connectivity index is 2.31. The van der Waals surface area contributed by atoms with E-state index < -0.39 is 0 Å². The molecule has 0 aromatic carbocycles. The van der Waals surface area contributed by atoms with Crippen LogP contribution in [0.5, 0.6) is 0 Å². The fourth-order valence-electron chi connectivity index (χ4n) is 1.49. The van der Waals surface area contributed by atoms with Crippen molar-refractivity contribution in [2.45, 2.75) is 49.9 Å². The molecule has 0 saturated carbocycles. The van der Waals surface area contributed by atoms with Gasteiger partial charge in [0.25, 0.3) is 0 Å². The fraction of sp³-hybridized carbons (Fsp3) is 0.667. The first-order valence-corrected chi connectivity index (χ1v) is 8.88. The summed E-state index contributed by atoms with van der Waals surface area (Å²) in [5.41, 5.74) is 1.42. The van der Waals surface area contributed by atoms with Gasteiger partial charge in [-0.05, 0) is 0 Å². The first-order chi connectivity index (χ1) is 6.84. The second-order valence-corrected chi connectivity index (χ2v) is 6.86. The van der Waals surface area contributed by atoms with Crippen LogP contribution in [0.3, 0.4) is 0 Å². The SMILES string of the molecule is CCCC[Te]/C=C(\Cl)C1=CCCCC1. The molecule has 0 aliphatic heterocycles. The molecular formula is C12H19ClTe. The number of allylic oxidation sites excluding steroid dienone is 3. The van der Waals surface area contributed by atoms with Crippen molar-refractivity contribution in [3.05, 3.63) is 20.8 Å². The zero-order chi connectivity index (χ0) is 10.2. The molecule has 2 heteroatoms. The van der Waals surface area contributed by atoms with E-state index in [2.05, 4.69) is 17.1 Å². The Labute approximate surface area is 103 Å². The van der Waals surface area contributed by atoms with E-state index in [1.54, 1.807) is 0 Å². The fourth-order valence-corrected chi connectivity index (χ4v) is 4.57. The summed E-state index contributed by atoms with van der Waals surface area (Å²) < 4.78 is 3.74. The van der Waals surface area contributed by atoms with Crippen molar-refractivity contribution in [2.75, 3.05) is 0 Å². The predicted molar refractivity (Wildman–Crippen MR) is 66.0 cm³/mol. The Bertz CT molecular complexity index is 218. The maximum absolute atomic E-state index is 6.26. The normalized spacial score (nSPS) is 18.1. The van der Waals surface area contributed by atoms with Gasteiger partial charge < -0.3 is 0 Å². The summed E-state index contributed by atoms with van der Waals surface area (Å²) in [5.74, 6) is 0.